The number of ketones is 1. The van der Waals surface area contributed by atoms with Gasteiger partial charge in [-0.05, 0) is 50.1 Å². The first-order valence-electron chi connectivity index (χ1n) is 8.69. The lowest BCUT2D eigenvalue weighted by Gasteiger charge is -2.21. The summed E-state index contributed by atoms with van der Waals surface area (Å²) in [5, 5.41) is 0. The summed E-state index contributed by atoms with van der Waals surface area (Å²) in [4.78, 5) is 27.4. The lowest BCUT2D eigenvalue weighted by atomic mass is 10.1. The number of methoxy groups -OCH3 is 1. The van der Waals surface area contributed by atoms with Crippen LogP contribution < -0.4 is 0 Å². The molecule has 0 saturated heterocycles. The Balaban J connectivity index is 2.37. The molecule has 1 aromatic heterocycles. The van der Waals surface area contributed by atoms with Crippen molar-refractivity contribution in [1.29, 1.82) is 0 Å². The second-order valence-electron chi connectivity index (χ2n) is 6.33. The standard InChI is InChI=1S/C19H23FN2O5S/c1-5-10-22(28(25,26)15-8-6-14(20)7-9-15)11-16(23)17-12(2)18(19(24)27-4)21-13(17)3/h6-9,21H,5,10-11H2,1-4H3. The van der Waals surface area contributed by atoms with Crippen LogP contribution in [0.25, 0.3) is 0 Å². The quantitative estimate of drug-likeness (QED) is 0.533. The number of aryl methyl sites for hydroxylation is 1. The number of hydrogen-bond donors (Lipinski definition) is 1. The number of aromatic nitrogens is 1. The Kier molecular flexibility index (Phi) is 6.73. The van der Waals surface area contributed by atoms with Gasteiger partial charge in [-0.15, -0.1) is 0 Å². The minimum Gasteiger partial charge on any atom is -0.464 e. The van der Waals surface area contributed by atoms with Crippen molar-refractivity contribution in [3.05, 3.63) is 52.6 Å². The third-order valence-corrected chi connectivity index (χ3v) is 6.21. The molecule has 0 saturated carbocycles. The molecule has 1 N–H and O–H groups in total. The number of nitrogens with zero attached hydrogens (tertiary/aromatic N) is 1. The number of benzene rings is 1. The van der Waals surface area contributed by atoms with Crippen LogP contribution in [0.5, 0.6) is 0 Å². The molecule has 0 aliphatic rings. The normalized spacial score (nSPS) is 11.6. The molecule has 2 aromatic rings. The van der Waals surface area contributed by atoms with Crippen molar-refractivity contribution in [3.8, 4) is 0 Å². The molecular weight excluding hydrogens is 387 g/mol. The molecule has 0 radical (unpaired) electrons. The summed E-state index contributed by atoms with van der Waals surface area (Å²) < 4.78 is 44.7. The lowest BCUT2D eigenvalue weighted by molar-refractivity contribution is 0.0594. The van der Waals surface area contributed by atoms with E-state index in [1.807, 2.05) is 0 Å². The summed E-state index contributed by atoms with van der Waals surface area (Å²) in [6, 6.07) is 4.45. The predicted octanol–water partition coefficient (Wildman–Crippen LogP) is 2.84. The number of nitrogens with one attached hydrogen (secondary N) is 1. The molecule has 28 heavy (non-hydrogen) atoms. The molecule has 0 amide bonds. The molecule has 1 heterocycles. The number of halogens is 1. The zero-order valence-electron chi connectivity index (χ0n) is 16.2. The van der Waals surface area contributed by atoms with Crippen LogP contribution in [0.1, 0.15) is 45.4 Å². The fourth-order valence-corrected chi connectivity index (χ4v) is 4.49. The van der Waals surface area contributed by atoms with E-state index in [9.17, 15) is 22.4 Å². The molecule has 0 atom stereocenters. The summed E-state index contributed by atoms with van der Waals surface area (Å²) in [5.74, 6) is -1.60. The smallest absolute Gasteiger partial charge is 0.354 e. The third kappa shape index (κ3) is 4.31. The molecule has 0 aliphatic heterocycles. The van der Waals surface area contributed by atoms with Crippen molar-refractivity contribution in [1.82, 2.24) is 9.29 Å². The maximum absolute atomic E-state index is 13.1. The first-order valence-corrected chi connectivity index (χ1v) is 10.1. The van der Waals surface area contributed by atoms with Gasteiger partial charge in [-0.1, -0.05) is 6.92 Å². The Morgan fingerprint density at radius 3 is 2.32 bits per heavy atom. The van der Waals surface area contributed by atoms with Crippen LogP contribution in [0.3, 0.4) is 0 Å². The summed E-state index contributed by atoms with van der Waals surface area (Å²) in [6.45, 7) is 4.75. The first kappa shape index (κ1) is 21.8. The summed E-state index contributed by atoms with van der Waals surface area (Å²) in [7, 11) is -2.75. The molecule has 1 aromatic carbocycles. The van der Waals surface area contributed by atoms with E-state index in [1.165, 1.54) is 19.2 Å². The van der Waals surface area contributed by atoms with Crippen LogP contribution in [0.15, 0.2) is 29.2 Å². The Morgan fingerprint density at radius 1 is 1.18 bits per heavy atom. The number of esters is 1. The monoisotopic (exact) mass is 410 g/mol. The summed E-state index contributed by atoms with van der Waals surface area (Å²) >= 11 is 0. The molecule has 9 heteroatoms. The fraction of sp³-hybridized carbons (Fsp3) is 0.368. The topological polar surface area (TPSA) is 96.5 Å². The molecular formula is C19H23FN2O5S. The Hall–Kier alpha value is -2.52. The van der Waals surface area contributed by atoms with Crippen LogP contribution >= 0.6 is 0 Å². The first-order chi connectivity index (χ1) is 13.1. The van der Waals surface area contributed by atoms with E-state index in [-0.39, 0.29) is 22.7 Å². The van der Waals surface area contributed by atoms with Gasteiger partial charge >= 0.3 is 5.97 Å². The van der Waals surface area contributed by atoms with E-state index in [2.05, 4.69) is 9.72 Å². The van der Waals surface area contributed by atoms with E-state index >= 15 is 0 Å². The van der Waals surface area contributed by atoms with Gasteiger partial charge in [0.1, 0.15) is 11.5 Å². The highest BCUT2D eigenvalue weighted by atomic mass is 32.2. The number of rotatable bonds is 8. The van der Waals surface area contributed by atoms with Gasteiger partial charge in [0.25, 0.3) is 0 Å². The van der Waals surface area contributed by atoms with Gasteiger partial charge in [-0.25, -0.2) is 17.6 Å². The van der Waals surface area contributed by atoms with E-state index in [0.29, 0.717) is 17.7 Å². The molecule has 0 fully saturated rings. The fourth-order valence-electron chi connectivity index (χ4n) is 3.00. The highest BCUT2D eigenvalue weighted by Crippen LogP contribution is 2.22. The third-order valence-electron chi connectivity index (χ3n) is 4.35. The van der Waals surface area contributed by atoms with Crippen LogP contribution in [-0.4, -0.2) is 49.7 Å². The SMILES string of the molecule is CCCN(CC(=O)c1c(C)[nH]c(C(=O)OC)c1C)S(=O)(=O)c1ccc(F)cc1. The zero-order chi connectivity index (χ0) is 21.1. The van der Waals surface area contributed by atoms with Crippen LogP contribution in [-0.2, 0) is 14.8 Å². The highest BCUT2D eigenvalue weighted by Gasteiger charge is 2.29. The minimum absolute atomic E-state index is 0.0899. The van der Waals surface area contributed by atoms with Gasteiger partial charge in [0.15, 0.2) is 5.78 Å². The van der Waals surface area contributed by atoms with Gasteiger partial charge in [0.05, 0.1) is 18.6 Å². The predicted molar refractivity (Wildman–Crippen MR) is 101 cm³/mol. The Bertz CT molecular complexity index is 980. The summed E-state index contributed by atoms with van der Waals surface area (Å²) in [6.07, 6.45) is 0.492. The number of H-pyrrole nitrogens is 1. The molecule has 0 aliphatic carbocycles. The van der Waals surface area contributed by atoms with Crippen molar-refractivity contribution in [2.75, 3.05) is 20.2 Å². The maximum atomic E-state index is 13.1. The molecule has 152 valence electrons. The number of carbonyl (C=O) groups is 2. The molecule has 0 spiro atoms. The maximum Gasteiger partial charge on any atom is 0.354 e. The van der Waals surface area contributed by atoms with Crippen molar-refractivity contribution in [2.45, 2.75) is 32.1 Å². The van der Waals surface area contributed by atoms with Gasteiger partial charge < -0.3 is 9.72 Å². The zero-order valence-corrected chi connectivity index (χ0v) is 17.0. The molecule has 0 bridgehead atoms. The van der Waals surface area contributed by atoms with Crippen molar-refractivity contribution in [2.24, 2.45) is 0 Å². The number of hydrogen-bond acceptors (Lipinski definition) is 5. The number of aromatic amines is 1. The van der Waals surface area contributed by atoms with Gasteiger partial charge in [-0.2, -0.15) is 4.31 Å². The largest absolute Gasteiger partial charge is 0.464 e. The van der Waals surface area contributed by atoms with Gasteiger partial charge in [0.2, 0.25) is 10.0 Å². The average molecular weight is 410 g/mol. The molecule has 2 rings (SSSR count). The van der Waals surface area contributed by atoms with Crippen LogP contribution in [0, 0.1) is 19.7 Å². The minimum atomic E-state index is -3.98. The van der Waals surface area contributed by atoms with E-state index < -0.39 is 34.1 Å². The van der Waals surface area contributed by atoms with Crippen LogP contribution in [0.4, 0.5) is 4.39 Å². The second kappa shape index (κ2) is 8.66. The number of Topliss-reactive ketones (excluding diaryl/α,β-unsaturated/α-hetero) is 1. The van der Waals surface area contributed by atoms with Gasteiger partial charge in [0, 0.05) is 17.8 Å². The second-order valence-corrected chi connectivity index (χ2v) is 8.27. The van der Waals surface area contributed by atoms with E-state index in [4.69, 9.17) is 0 Å². The number of sulfonamides is 1. The van der Waals surface area contributed by atoms with Crippen molar-refractivity contribution < 1.29 is 27.1 Å². The van der Waals surface area contributed by atoms with E-state index in [1.54, 1.807) is 20.8 Å². The van der Waals surface area contributed by atoms with Gasteiger partial charge in [-0.3, -0.25) is 4.79 Å². The Morgan fingerprint density at radius 2 is 1.79 bits per heavy atom. The van der Waals surface area contributed by atoms with Crippen molar-refractivity contribution >= 4 is 21.8 Å². The lowest BCUT2D eigenvalue weighted by Crippen LogP contribution is -2.36. The average Bonchev–Trinajstić information content (AvgIpc) is 2.95. The molecule has 0 unspecified atom stereocenters. The highest BCUT2D eigenvalue weighted by molar-refractivity contribution is 7.89. The number of ether oxygens (including phenoxy) is 1. The van der Waals surface area contributed by atoms with Crippen molar-refractivity contribution in [3.63, 3.8) is 0 Å². The Labute approximate surface area is 163 Å². The summed E-state index contributed by atoms with van der Waals surface area (Å²) in [5.41, 5.74) is 1.28. The van der Waals surface area contributed by atoms with Crippen LogP contribution in [0.2, 0.25) is 0 Å². The number of carbonyl (C=O) groups excluding carboxylic acids is 2. The molecule has 7 nitrogen and oxygen atoms in total. The van der Waals surface area contributed by atoms with E-state index in [0.717, 1.165) is 16.4 Å².